The Morgan fingerprint density at radius 1 is 1.16 bits per heavy atom. The summed E-state index contributed by atoms with van der Waals surface area (Å²) in [6.45, 7) is 4.15. The summed E-state index contributed by atoms with van der Waals surface area (Å²) in [5, 5.41) is 2.69. The van der Waals surface area contributed by atoms with E-state index in [0.29, 0.717) is 11.5 Å². The van der Waals surface area contributed by atoms with Gasteiger partial charge in [0.1, 0.15) is 6.61 Å². The summed E-state index contributed by atoms with van der Waals surface area (Å²) in [6.07, 6.45) is 0.995. The van der Waals surface area contributed by atoms with Crippen LogP contribution in [0.5, 0.6) is 11.5 Å². The molecule has 0 saturated heterocycles. The van der Waals surface area contributed by atoms with Gasteiger partial charge in [0.05, 0.1) is 0 Å². The molecule has 1 aromatic heterocycles. The first kappa shape index (κ1) is 15.1. The molecule has 6 nitrogen and oxygen atoms in total. The van der Waals surface area contributed by atoms with E-state index in [-0.39, 0.29) is 12.5 Å². The van der Waals surface area contributed by atoms with E-state index in [1.54, 1.807) is 12.3 Å². The normalized spacial score (nSPS) is 16.6. The quantitative estimate of drug-likeness (QED) is 0.618. The van der Waals surface area contributed by atoms with E-state index < -0.39 is 6.10 Å². The van der Waals surface area contributed by atoms with Gasteiger partial charge in [-0.2, -0.15) is 0 Å². The average Bonchev–Trinajstić information content (AvgIpc) is 2.96. The van der Waals surface area contributed by atoms with Crippen LogP contribution in [-0.4, -0.2) is 23.6 Å². The van der Waals surface area contributed by atoms with Gasteiger partial charge in [-0.15, -0.1) is 0 Å². The Hall–Kier alpha value is -3.41. The smallest absolute Gasteiger partial charge is 0.282 e. The number of amides is 1. The molecule has 2 heterocycles. The molecule has 126 valence electrons. The van der Waals surface area contributed by atoms with E-state index in [1.165, 1.54) is 0 Å². The van der Waals surface area contributed by atoms with Crippen LogP contribution in [0.3, 0.4) is 0 Å². The molecular weight excluding hydrogens is 318 g/mol. The molecule has 1 amide bonds. The van der Waals surface area contributed by atoms with Crippen LogP contribution in [0.4, 0.5) is 0 Å². The van der Waals surface area contributed by atoms with Crippen molar-refractivity contribution < 1.29 is 14.3 Å². The number of nitrogens with one attached hydrogen (secondary N) is 3. The van der Waals surface area contributed by atoms with Gasteiger partial charge in [0.15, 0.2) is 11.5 Å². The second-order valence-electron chi connectivity index (χ2n) is 5.70. The first-order valence-electron chi connectivity index (χ1n) is 7.92. The molecule has 0 fully saturated rings. The van der Waals surface area contributed by atoms with Crippen molar-refractivity contribution in [2.24, 2.45) is 0 Å². The lowest BCUT2D eigenvalue weighted by atomic mass is 10.2. The fraction of sp³-hybridized carbons (Fsp3) is 0.105. The minimum absolute atomic E-state index is 0.165. The largest absolute Gasteiger partial charge is 0.485 e. The lowest BCUT2D eigenvalue weighted by molar-refractivity contribution is -0.130. The molecule has 0 unspecified atom stereocenters. The van der Waals surface area contributed by atoms with Gasteiger partial charge in [0, 0.05) is 27.7 Å². The first-order chi connectivity index (χ1) is 12.2. The van der Waals surface area contributed by atoms with Crippen LogP contribution in [0.2, 0.25) is 0 Å². The van der Waals surface area contributed by atoms with Crippen LogP contribution in [0.1, 0.15) is 0 Å². The predicted octanol–water partition coefficient (Wildman–Crippen LogP) is 0.777. The number of fused-ring (bicyclic) bond motifs is 2. The summed E-state index contributed by atoms with van der Waals surface area (Å²) in [5.41, 5.74) is 6.44. The van der Waals surface area contributed by atoms with E-state index in [4.69, 9.17) is 9.47 Å². The molecule has 1 aliphatic rings. The fourth-order valence-electron chi connectivity index (χ4n) is 2.79. The van der Waals surface area contributed by atoms with E-state index in [2.05, 4.69) is 22.4 Å². The number of benzene rings is 2. The lowest BCUT2D eigenvalue weighted by Crippen LogP contribution is -2.48. The van der Waals surface area contributed by atoms with Crippen molar-refractivity contribution in [3.8, 4) is 11.5 Å². The highest BCUT2D eigenvalue weighted by molar-refractivity contribution is 5.82. The molecule has 0 saturated carbocycles. The Morgan fingerprint density at radius 3 is 2.80 bits per heavy atom. The number of rotatable bonds is 3. The second kappa shape index (κ2) is 6.24. The maximum Gasteiger partial charge on any atom is 0.282 e. The van der Waals surface area contributed by atoms with Gasteiger partial charge in [0.25, 0.3) is 5.91 Å². The number of ether oxygens (including phenoxy) is 2. The summed E-state index contributed by atoms with van der Waals surface area (Å²) in [4.78, 5) is 15.5. The molecule has 4 rings (SSSR count). The van der Waals surface area contributed by atoms with E-state index in [0.717, 1.165) is 21.5 Å². The summed E-state index contributed by atoms with van der Waals surface area (Å²) in [6, 6.07) is 15.1. The molecule has 3 N–H and O–H groups in total. The molecule has 0 spiro atoms. The Kier molecular flexibility index (Phi) is 3.78. The topological polar surface area (TPSA) is 75.4 Å². The Labute approximate surface area is 143 Å². The predicted molar refractivity (Wildman–Crippen MR) is 95.2 cm³/mol. The summed E-state index contributed by atoms with van der Waals surface area (Å²) >= 11 is 0. The van der Waals surface area contributed by atoms with Gasteiger partial charge in [0.2, 0.25) is 6.10 Å². The van der Waals surface area contributed by atoms with Crippen LogP contribution in [0.15, 0.2) is 48.5 Å². The number of H-pyrrole nitrogens is 1. The monoisotopic (exact) mass is 335 g/mol. The van der Waals surface area contributed by atoms with Crippen LogP contribution >= 0.6 is 0 Å². The van der Waals surface area contributed by atoms with Crippen molar-refractivity contribution in [2.75, 3.05) is 6.61 Å². The highest BCUT2D eigenvalue weighted by atomic mass is 16.6. The zero-order valence-electron chi connectivity index (χ0n) is 13.4. The Bertz CT molecular complexity index is 1040. The Morgan fingerprint density at radius 2 is 1.92 bits per heavy atom. The van der Waals surface area contributed by atoms with Gasteiger partial charge in [-0.05, 0) is 18.2 Å². The van der Waals surface area contributed by atoms with Gasteiger partial charge < -0.3 is 19.9 Å². The third-order valence-electron chi connectivity index (χ3n) is 4.04. The molecule has 0 bridgehead atoms. The lowest BCUT2D eigenvalue weighted by Gasteiger charge is -2.25. The SMILES string of the molecule is C=c1[nH]c2ccccc2/c1=C\NNC(=O)[C@@H]1COc2ccccc2O1. The third kappa shape index (κ3) is 2.89. The van der Waals surface area contributed by atoms with Crippen molar-refractivity contribution in [1.82, 2.24) is 15.8 Å². The summed E-state index contributed by atoms with van der Waals surface area (Å²) in [5.74, 6) is 0.900. The molecule has 6 heteroatoms. The number of aromatic amines is 1. The molecule has 1 atom stereocenters. The fourth-order valence-corrected chi connectivity index (χ4v) is 2.79. The zero-order chi connectivity index (χ0) is 17.2. The van der Waals surface area contributed by atoms with Crippen molar-refractivity contribution in [3.63, 3.8) is 0 Å². The maximum atomic E-state index is 12.3. The molecular formula is C19H17N3O3. The van der Waals surface area contributed by atoms with Gasteiger partial charge >= 0.3 is 0 Å². The molecule has 25 heavy (non-hydrogen) atoms. The van der Waals surface area contributed by atoms with Crippen molar-refractivity contribution >= 4 is 29.6 Å². The maximum absolute atomic E-state index is 12.3. The molecule has 0 radical (unpaired) electrons. The first-order valence-corrected chi connectivity index (χ1v) is 7.92. The third-order valence-corrected chi connectivity index (χ3v) is 4.04. The number of carbonyl (C=O) groups excluding carboxylic acids is 1. The second-order valence-corrected chi connectivity index (χ2v) is 5.70. The van der Waals surface area contributed by atoms with Crippen molar-refractivity contribution in [2.45, 2.75) is 6.10 Å². The number of hydrogen-bond acceptors (Lipinski definition) is 4. The van der Waals surface area contributed by atoms with Crippen molar-refractivity contribution in [1.29, 1.82) is 0 Å². The van der Waals surface area contributed by atoms with Crippen molar-refractivity contribution in [3.05, 3.63) is 59.1 Å². The minimum atomic E-state index is -0.710. The molecule has 3 aromatic rings. The summed E-state index contributed by atoms with van der Waals surface area (Å²) < 4.78 is 11.2. The zero-order valence-corrected chi connectivity index (χ0v) is 13.4. The van der Waals surface area contributed by atoms with E-state index >= 15 is 0 Å². The van der Waals surface area contributed by atoms with Gasteiger partial charge in [-0.3, -0.25) is 10.2 Å². The summed E-state index contributed by atoms with van der Waals surface area (Å²) in [7, 11) is 0. The van der Waals surface area contributed by atoms with Crippen LogP contribution in [-0.2, 0) is 4.79 Å². The average molecular weight is 335 g/mol. The Balaban J connectivity index is 1.46. The highest BCUT2D eigenvalue weighted by Gasteiger charge is 2.26. The van der Waals surface area contributed by atoms with Gasteiger partial charge in [-0.25, -0.2) is 0 Å². The van der Waals surface area contributed by atoms with Crippen LogP contribution in [0, 0.1) is 0 Å². The van der Waals surface area contributed by atoms with E-state index in [9.17, 15) is 4.79 Å². The van der Waals surface area contributed by atoms with Crippen LogP contribution in [0.25, 0.3) is 23.7 Å². The van der Waals surface area contributed by atoms with Gasteiger partial charge in [-0.1, -0.05) is 36.9 Å². The number of hydrogen-bond donors (Lipinski definition) is 3. The molecule has 2 aromatic carbocycles. The standard InChI is InChI=1S/C19H17N3O3/c1-12-14(13-6-2-3-7-15(13)21-12)10-20-22-19(23)18-11-24-16-8-4-5-9-17(16)25-18/h2-10,18,20-21H,1,11H2,(H,22,23)/b14-10-/t18-/m0/s1. The number of aromatic nitrogens is 1. The number of para-hydroxylation sites is 3. The molecule has 1 aliphatic heterocycles. The number of carbonyl (C=O) groups is 1. The van der Waals surface area contributed by atoms with Crippen LogP contribution < -0.4 is 30.9 Å². The molecule has 0 aliphatic carbocycles. The van der Waals surface area contributed by atoms with E-state index in [1.807, 2.05) is 42.5 Å². The minimum Gasteiger partial charge on any atom is -0.485 e. The number of hydrazine groups is 1. The highest BCUT2D eigenvalue weighted by Crippen LogP contribution is 2.30.